The number of aromatic carboxylic acids is 1. The third-order valence-corrected chi connectivity index (χ3v) is 3.29. The zero-order valence-electron chi connectivity index (χ0n) is 10.9. The molecule has 0 spiro atoms. The van der Waals surface area contributed by atoms with Crippen LogP contribution in [0.4, 0.5) is 0 Å². The first-order valence-electron chi connectivity index (χ1n) is 5.65. The predicted molar refractivity (Wildman–Crippen MR) is 73.6 cm³/mol. The van der Waals surface area contributed by atoms with Gasteiger partial charge < -0.3 is 14.7 Å². The second-order valence-corrected chi connectivity index (χ2v) is 5.05. The normalized spacial score (nSPS) is 10.1. The number of aromatic nitrogens is 1. The van der Waals surface area contributed by atoms with E-state index in [9.17, 15) is 9.59 Å². The molecule has 0 atom stereocenters. The SMILES string of the molecule is CN(C)C(=O)c1ccc(Oc2csc(C(=O)O)c2)nc1. The second-order valence-electron chi connectivity index (χ2n) is 4.14. The molecule has 20 heavy (non-hydrogen) atoms. The summed E-state index contributed by atoms with van der Waals surface area (Å²) >= 11 is 1.08. The van der Waals surface area contributed by atoms with E-state index in [0.717, 1.165) is 11.3 Å². The molecular formula is C13H12N2O4S. The van der Waals surface area contributed by atoms with Crippen LogP contribution >= 0.6 is 11.3 Å². The summed E-state index contributed by atoms with van der Waals surface area (Å²) in [6.07, 6.45) is 1.42. The molecule has 1 N–H and O–H groups in total. The minimum Gasteiger partial charge on any atom is -0.477 e. The lowest BCUT2D eigenvalue weighted by Gasteiger charge is -2.09. The van der Waals surface area contributed by atoms with Crippen molar-refractivity contribution in [2.75, 3.05) is 14.1 Å². The first-order chi connectivity index (χ1) is 9.47. The summed E-state index contributed by atoms with van der Waals surface area (Å²) in [7, 11) is 3.32. The Labute approximate surface area is 119 Å². The molecule has 0 unspecified atom stereocenters. The van der Waals surface area contributed by atoms with E-state index in [-0.39, 0.29) is 10.8 Å². The molecule has 2 aromatic rings. The quantitative estimate of drug-likeness (QED) is 0.935. The predicted octanol–water partition coefficient (Wildman–Crippen LogP) is 2.34. The number of ether oxygens (including phenoxy) is 1. The second kappa shape index (κ2) is 5.70. The molecule has 7 heteroatoms. The maximum absolute atomic E-state index is 11.7. The van der Waals surface area contributed by atoms with Gasteiger partial charge in [-0.2, -0.15) is 0 Å². The fourth-order valence-electron chi connectivity index (χ4n) is 1.43. The lowest BCUT2D eigenvalue weighted by atomic mass is 10.2. The molecular weight excluding hydrogens is 280 g/mol. The molecule has 0 aromatic carbocycles. The molecule has 1 amide bonds. The van der Waals surface area contributed by atoms with Gasteiger partial charge in [-0.15, -0.1) is 11.3 Å². The Bertz CT molecular complexity index is 634. The number of rotatable bonds is 4. The Hall–Kier alpha value is -2.41. The summed E-state index contributed by atoms with van der Waals surface area (Å²) in [5, 5.41) is 10.4. The fraction of sp³-hybridized carbons (Fsp3) is 0.154. The summed E-state index contributed by atoms with van der Waals surface area (Å²) in [6, 6.07) is 4.59. The molecule has 6 nitrogen and oxygen atoms in total. The Balaban J connectivity index is 2.10. The molecule has 0 fully saturated rings. The standard InChI is InChI=1S/C13H12N2O4S/c1-15(2)12(16)8-3-4-11(14-6-8)19-9-5-10(13(17)18)20-7-9/h3-7H,1-2H3,(H,17,18). The van der Waals surface area contributed by atoms with E-state index < -0.39 is 5.97 Å². The monoisotopic (exact) mass is 292 g/mol. The number of pyridine rings is 1. The van der Waals surface area contributed by atoms with Gasteiger partial charge in [-0.3, -0.25) is 4.79 Å². The molecule has 0 aliphatic carbocycles. The molecule has 0 saturated carbocycles. The molecule has 104 valence electrons. The van der Waals surface area contributed by atoms with E-state index in [1.165, 1.54) is 17.2 Å². The van der Waals surface area contributed by atoms with Crippen molar-refractivity contribution >= 4 is 23.2 Å². The highest BCUT2D eigenvalue weighted by Gasteiger charge is 2.11. The van der Waals surface area contributed by atoms with E-state index in [2.05, 4.69) is 4.98 Å². The van der Waals surface area contributed by atoms with Crippen LogP contribution in [-0.2, 0) is 0 Å². The molecule has 0 aliphatic heterocycles. The van der Waals surface area contributed by atoms with Crippen molar-refractivity contribution in [3.8, 4) is 11.6 Å². The number of hydrogen-bond acceptors (Lipinski definition) is 5. The Kier molecular flexibility index (Phi) is 3.99. The molecule has 2 heterocycles. The number of carboxylic acid groups (broad SMARTS) is 1. The van der Waals surface area contributed by atoms with Gasteiger partial charge in [0.2, 0.25) is 5.88 Å². The Morgan fingerprint density at radius 2 is 2.10 bits per heavy atom. The lowest BCUT2D eigenvalue weighted by molar-refractivity contribution is 0.0701. The summed E-state index contributed by atoms with van der Waals surface area (Å²) in [5.74, 6) is -0.431. The van der Waals surface area contributed by atoms with Gasteiger partial charge >= 0.3 is 5.97 Å². The van der Waals surface area contributed by atoms with Crippen LogP contribution in [0.5, 0.6) is 11.6 Å². The minimum absolute atomic E-state index is 0.146. The van der Waals surface area contributed by atoms with Crippen molar-refractivity contribution < 1.29 is 19.4 Å². The maximum Gasteiger partial charge on any atom is 0.346 e. The van der Waals surface area contributed by atoms with E-state index in [1.807, 2.05) is 0 Å². The average molecular weight is 292 g/mol. The molecule has 0 saturated heterocycles. The van der Waals surface area contributed by atoms with Gasteiger partial charge in [0.1, 0.15) is 10.6 Å². The number of carbonyl (C=O) groups excluding carboxylic acids is 1. The molecule has 0 aliphatic rings. The van der Waals surface area contributed by atoms with Gasteiger partial charge in [0.05, 0.1) is 5.56 Å². The van der Waals surface area contributed by atoms with Gasteiger partial charge in [0.25, 0.3) is 5.91 Å². The highest BCUT2D eigenvalue weighted by Crippen LogP contribution is 2.25. The summed E-state index contributed by atoms with van der Waals surface area (Å²) in [4.78, 5) is 28.1. The van der Waals surface area contributed by atoms with E-state index >= 15 is 0 Å². The first-order valence-corrected chi connectivity index (χ1v) is 6.52. The minimum atomic E-state index is -0.996. The van der Waals surface area contributed by atoms with Crippen LogP contribution in [0.3, 0.4) is 0 Å². The summed E-state index contributed by atoms with van der Waals surface area (Å²) in [5.41, 5.74) is 0.457. The summed E-state index contributed by atoms with van der Waals surface area (Å²) in [6.45, 7) is 0. The van der Waals surface area contributed by atoms with E-state index in [0.29, 0.717) is 17.2 Å². The van der Waals surface area contributed by atoms with Gasteiger partial charge in [-0.1, -0.05) is 0 Å². The molecule has 2 rings (SSSR count). The van der Waals surface area contributed by atoms with E-state index in [1.54, 1.807) is 31.6 Å². The maximum atomic E-state index is 11.7. The van der Waals surface area contributed by atoms with Crippen LogP contribution in [0.25, 0.3) is 0 Å². The van der Waals surface area contributed by atoms with Crippen LogP contribution < -0.4 is 4.74 Å². The van der Waals surface area contributed by atoms with Crippen LogP contribution in [0.2, 0.25) is 0 Å². The van der Waals surface area contributed by atoms with Crippen LogP contribution in [-0.4, -0.2) is 41.0 Å². The van der Waals surface area contributed by atoms with Crippen molar-refractivity contribution in [2.24, 2.45) is 0 Å². The lowest BCUT2D eigenvalue weighted by Crippen LogP contribution is -2.21. The number of thiophene rings is 1. The van der Waals surface area contributed by atoms with Crippen LogP contribution in [0.15, 0.2) is 29.8 Å². The molecule has 0 bridgehead atoms. The highest BCUT2D eigenvalue weighted by atomic mass is 32.1. The van der Waals surface area contributed by atoms with Crippen LogP contribution in [0, 0.1) is 0 Å². The van der Waals surface area contributed by atoms with Crippen molar-refractivity contribution in [1.82, 2.24) is 9.88 Å². The zero-order chi connectivity index (χ0) is 14.7. The third-order valence-electron chi connectivity index (χ3n) is 2.40. The Morgan fingerprint density at radius 1 is 1.35 bits per heavy atom. The number of carbonyl (C=O) groups is 2. The highest BCUT2D eigenvalue weighted by molar-refractivity contribution is 7.12. The van der Waals surface area contributed by atoms with Gasteiger partial charge in [-0.05, 0) is 6.07 Å². The topological polar surface area (TPSA) is 79.7 Å². The first kappa shape index (κ1) is 14.0. The zero-order valence-corrected chi connectivity index (χ0v) is 11.7. The van der Waals surface area contributed by atoms with Crippen molar-refractivity contribution in [3.05, 3.63) is 40.2 Å². The van der Waals surface area contributed by atoms with E-state index in [4.69, 9.17) is 9.84 Å². The Morgan fingerprint density at radius 3 is 2.60 bits per heavy atom. The smallest absolute Gasteiger partial charge is 0.346 e. The molecule has 2 aromatic heterocycles. The number of amides is 1. The van der Waals surface area contributed by atoms with Crippen LogP contribution in [0.1, 0.15) is 20.0 Å². The number of hydrogen-bond donors (Lipinski definition) is 1. The van der Waals surface area contributed by atoms with Gasteiger partial charge in [-0.25, -0.2) is 9.78 Å². The number of carboxylic acids is 1. The van der Waals surface area contributed by atoms with Crippen molar-refractivity contribution in [1.29, 1.82) is 0 Å². The fourth-order valence-corrected chi connectivity index (χ4v) is 2.07. The largest absolute Gasteiger partial charge is 0.477 e. The van der Waals surface area contributed by atoms with Gasteiger partial charge in [0, 0.05) is 37.8 Å². The molecule has 0 radical (unpaired) electrons. The average Bonchev–Trinajstić information content (AvgIpc) is 2.87. The summed E-state index contributed by atoms with van der Waals surface area (Å²) < 4.78 is 5.42. The number of nitrogens with zero attached hydrogens (tertiary/aromatic N) is 2. The third kappa shape index (κ3) is 3.12. The van der Waals surface area contributed by atoms with Crippen molar-refractivity contribution in [3.63, 3.8) is 0 Å². The van der Waals surface area contributed by atoms with Crippen molar-refractivity contribution in [2.45, 2.75) is 0 Å². The van der Waals surface area contributed by atoms with Gasteiger partial charge in [0.15, 0.2) is 0 Å².